The number of hydrogen-bond donors (Lipinski definition) is 0. The Morgan fingerprint density at radius 2 is 2.29 bits per heavy atom. The van der Waals surface area contributed by atoms with Crippen LogP contribution in [0.2, 0.25) is 0 Å². The smallest absolute Gasteiger partial charge is 0.327 e. The van der Waals surface area contributed by atoms with Crippen molar-refractivity contribution in [3.05, 3.63) is 23.0 Å². The van der Waals surface area contributed by atoms with Gasteiger partial charge in [0.2, 0.25) is 5.16 Å². The maximum atomic E-state index is 11.3. The van der Waals surface area contributed by atoms with E-state index in [9.17, 15) is 10.1 Å². The van der Waals surface area contributed by atoms with Crippen LogP contribution in [0.3, 0.4) is 0 Å². The molecule has 8 nitrogen and oxygen atoms in total. The summed E-state index contributed by atoms with van der Waals surface area (Å²) in [6.07, 6.45) is 0. The number of aromatic nitrogens is 5. The summed E-state index contributed by atoms with van der Waals surface area (Å²) >= 11 is 1.21. The molecule has 2 aromatic rings. The lowest BCUT2D eigenvalue weighted by Gasteiger charge is -2.07. The zero-order chi connectivity index (χ0) is 15.4. The van der Waals surface area contributed by atoms with Gasteiger partial charge in [-0.2, -0.15) is 5.26 Å². The van der Waals surface area contributed by atoms with Crippen LogP contribution in [0.25, 0.3) is 0 Å². The number of pyridine rings is 1. The number of esters is 1. The second-order valence-corrected chi connectivity index (χ2v) is 5.14. The molecule has 0 fully saturated rings. The van der Waals surface area contributed by atoms with Crippen molar-refractivity contribution in [1.29, 1.82) is 5.26 Å². The molecule has 21 heavy (non-hydrogen) atoms. The van der Waals surface area contributed by atoms with Crippen molar-refractivity contribution in [3.63, 3.8) is 0 Å². The van der Waals surface area contributed by atoms with Crippen molar-refractivity contribution in [2.75, 3.05) is 7.11 Å². The van der Waals surface area contributed by atoms with Gasteiger partial charge in [-0.3, -0.25) is 9.78 Å². The third kappa shape index (κ3) is 3.35. The molecule has 108 valence electrons. The van der Waals surface area contributed by atoms with E-state index in [1.807, 2.05) is 6.92 Å². The van der Waals surface area contributed by atoms with E-state index in [-0.39, 0.29) is 6.54 Å². The first-order valence-electron chi connectivity index (χ1n) is 5.94. The SMILES string of the molecule is COC(=O)Cn1nnnc1Sc1cc(C)nc(C)c1C#N. The Balaban J connectivity index is 2.34. The number of rotatable bonds is 4. The summed E-state index contributed by atoms with van der Waals surface area (Å²) in [6.45, 7) is 3.53. The summed E-state index contributed by atoms with van der Waals surface area (Å²) < 4.78 is 5.91. The van der Waals surface area contributed by atoms with E-state index in [0.717, 1.165) is 5.69 Å². The first kappa shape index (κ1) is 14.9. The monoisotopic (exact) mass is 304 g/mol. The lowest BCUT2D eigenvalue weighted by molar-refractivity contribution is -0.141. The summed E-state index contributed by atoms with van der Waals surface area (Å²) in [7, 11) is 1.29. The number of ether oxygens (including phenoxy) is 1. The Morgan fingerprint density at radius 1 is 1.52 bits per heavy atom. The van der Waals surface area contributed by atoms with Crippen LogP contribution in [0.15, 0.2) is 16.1 Å². The van der Waals surface area contributed by atoms with E-state index in [2.05, 4.69) is 31.3 Å². The van der Waals surface area contributed by atoms with Gasteiger partial charge in [0.1, 0.15) is 12.6 Å². The van der Waals surface area contributed by atoms with Crippen LogP contribution in [0, 0.1) is 25.2 Å². The van der Waals surface area contributed by atoms with Crippen LogP contribution in [0.1, 0.15) is 17.0 Å². The average molecular weight is 304 g/mol. The Bertz CT molecular complexity index is 721. The topological polar surface area (TPSA) is 107 Å². The minimum atomic E-state index is -0.452. The fourth-order valence-electron chi connectivity index (χ4n) is 1.66. The minimum Gasteiger partial charge on any atom is -0.468 e. The van der Waals surface area contributed by atoms with Crippen molar-refractivity contribution >= 4 is 17.7 Å². The van der Waals surface area contributed by atoms with Crippen LogP contribution in [0.4, 0.5) is 0 Å². The molecule has 2 rings (SSSR count). The van der Waals surface area contributed by atoms with Gasteiger partial charge in [-0.1, -0.05) is 0 Å². The Kier molecular flexibility index (Phi) is 4.49. The molecule has 0 unspecified atom stereocenters. The van der Waals surface area contributed by atoms with Gasteiger partial charge in [-0.25, -0.2) is 4.68 Å². The molecule has 0 aliphatic carbocycles. The third-order valence-corrected chi connectivity index (χ3v) is 3.63. The number of carbonyl (C=O) groups is 1. The molecular weight excluding hydrogens is 292 g/mol. The van der Waals surface area contributed by atoms with Gasteiger partial charge in [-0.05, 0) is 42.1 Å². The summed E-state index contributed by atoms with van der Waals surface area (Å²) in [4.78, 5) is 16.3. The molecule has 0 aliphatic rings. The lowest BCUT2D eigenvalue weighted by atomic mass is 10.2. The standard InChI is InChI=1S/C12H12N6O2S/c1-7-4-10(9(5-13)8(2)14-7)21-12-15-16-17-18(12)6-11(19)20-3/h4H,6H2,1-3H3. The zero-order valence-electron chi connectivity index (χ0n) is 11.7. The van der Waals surface area contributed by atoms with Gasteiger partial charge < -0.3 is 4.74 Å². The highest BCUT2D eigenvalue weighted by Gasteiger charge is 2.16. The maximum Gasteiger partial charge on any atom is 0.327 e. The Morgan fingerprint density at radius 3 is 2.95 bits per heavy atom. The maximum absolute atomic E-state index is 11.3. The molecule has 9 heteroatoms. The lowest BCUT2D eigenvalue weighted by Crippen LogP contribution is -2.13. The largest absolute Gasteiger partial charge is 0.468 e. The van der Waals surface area contributed by atoms with Gasteiger partial charge in [0.25, 0.3) is 0 Å². The highest BCUT2D eigenvalue weighted by atomic mass is 32.2. The van der Waals surface area contributed by atoms with Crippen LogP contribution >= 0.6 is 11.8 Å². The molecule has 2 heterocycles. The molecule has 0 atom stereocenters. The molecule has 0 aliphatic heterocycles. The number of hydrogen-bond acceptors (Lipinski definition) is 8. The van der Waals surface area contributed by atoms with E-state index in [1.165, 1.54) is 23.6 Å². The van der Waals surface area contributed by atoms with Gasteiger partial charge in [0.05, 0.1) is 18.4 Å². The molecule has 0 radical (unpaired) electrons. The first-order valence-corrected chi connectivity index (χ1v) is 6.76. The van der Waals surface area contributed by atoms with Crippen LogP contribution < -0.4 is 0 Å². The molecule has 0 aromatic carbocycles. The quantitative estimate of drug-likeness (QED) is 0.766. The fourth-order valence-corrected chi connectivity index (χ4v) is 2.67. The van der Waals surface area contributed by atoms with E-state index in [4.69, 9.17) is 0 Å². The molecule has 0 bridgehead atoms. The van der Waals surface area contributed by atoms with Crippen LogP contribution in [-0.4, -0.2) is 38.3 Å². The first-order chi connectivity index (χ1) is 10.0. The van der Waals surface area contributed by atoms with Crippen molar-refractivity contribution in [1.82, 2.24) is 25.2 Å². The molecule has 0 spiro atoms. The number of aryl methyl sites for hydroxylation is 2. The van der Waals surface area contributed by atoms with Gasteiger partial charge >= 0.3 is 5.97 Å². The Labute approximate surface area is 125 Å². The average Bonchev–Trinajstić information content (AvgIpc) is 2.85. The molecule has 2 aromatic heterocycles. The minimum absolute atomic E-state index is 0.0865. The number of methoxy groups -OCH3 is 1. The van der Waals surface area contributed by atoms with Crippen molar-refractivity contribution in [2.24, 2.45) is 0 Å². The second-order valence-electron chi connectivity index (χ2n) is 4.13. The van der Waals surface area contributed by atoms with Crippen LogP contribution in [-0.2, 0) is 16.1 Å². The molecule has 0 amide bonds. The van der Waals surface area contributed by atoms with Gasteiger partial charge in [-0.15, -0.1) is 5.10 Å². The normalized spacial score (nSPS) is 10.2. The zero-order valence-corrected chi connectivity index (χ0v) is 12.5. The summed E-state index contributed by atoms with van der Waals surface area (Å²) in [5.41, 5.74) is 1.91. The highest BCUT2D eigenvalue weighted by molar-refractivity contribution is 7.99. The van der Waals surface area contributed by atoms with Gasteiger partial charge in [0, 0.05) is 10.6 Å². The van der Waals surface area contributed by atoms with Crippen molar-refractivity contribution in [3.8, 4) is 6.07 Å². The number of tetrazole rings is 1. The predicted octanol–water partition coefficient (Wildman–Crippen LogP) is 0.881. The number of carbonyl (C=O) groups excluding carboxylic acids is 1. The van der Waals surface area contributed by atoms with E-state index in [1.54, 1.807) is 13.0 Å². The summed E-state index contributed by atoms with van der Waals surface area (Å²) in [6, 6.07) is 3.91. The fraction of sp³-hybridized carbons (Fsp3) is 0.333. The Hall–Kier alpha value is -2.47. The predicted molar refractivity (Wildman–Crippen MR) is 72.4 cm³/mol. The molecule has 0 N–H and O–H groups in total. The number of nitriles is 1. The van der Waals surface area contributed by atoms with Gasteiger partial charge in [0.15, 0.2) is 0 Å². The molecule has 0 saturated heterocycles. The molecular formula is C12H12N6O2S. The van der Waals surface area contributed by atoms with Crippen molar-refractivity contribution < 1.29 is 9.53 Å². The third-order valence-electron chi connectivity index (χ3n) is 2.61. The number of nitrogens with zero attached hydrogens (tertiary/aromatic N) is 6. The summed E-state index contributed by atoms with van der Waals surface area (Å²) in [5.74, 6) is -0.452. The van der Waals surface area contributed by atoms with E-state index < -0.39 is 5.97 Å². The summed E-state index contributed by atoms with van der Waals surface area (Å²) in [5, 5.41) is 20.8. The van der Waals surface area contributed by atoms with E-state index in [0.29, 0.717) is 21.3 Å². The van der Waals surface area contributed by atoms with Crippen molar-refractivity contribution in [2.45, 2.75) is 30.4 Å². The second kappa shape index (κ2) is 6.32. The van der Waals surface area contributed by atoms with Crippen LogP contribution in [0.5, 0.6) is 0 Å². The molecule has 0 saturated carbocycles. The highest BCUT2D eigenvalue weighted by Crippen LogP contribution is 2.30. The van der Waals surface area contributed by atoms with E-state index >= 15 is 0 Å².